The Kier molecular flexibility index (Phi) is 2.64. The van der Waals surface area contributed by atoms with Gasteiger partial charge >= 0.3 is 0 Å². The van der Waals surface area contributed by atoms with E-state index in [2.05, 4.69) is 20.9 Å². The number of pyridine rings is 1. The van der Waals surface area contributed by atoms with E-state index in [1.807, 2.05) is 0 Å². The van der Waals surface area contributed by atoms with E-state index in [-0.39, 0.29) is 16.1 Å². The minimum atomic E-state index is -0.365. The Morgan fingerprint density at radius 1 is 1.14 bits per heavy atom. The highest BCUT2D eigenvalue weighted by Gasteiger charge is 2.07. The smallest absolute Gasteiger partial charge is 0.138 e. The van der Waals surface area contributed by atoms with Crippen LogP contribution in [0.1, 0.15) is 0 Å². The van der Waals surface area contributed by atoms with Gasteiger partial charge in [0.1, 0.15) is 16.1 Å². The molecule has 0 saturated carbocycles. The van der Waals surface area contributed by atoms with Gasteiger partial charge in [-0.3, -0.25) is 0 Å². The number of rotatable bonds is 0. The molecular formula is C9H3BrCl2FN. The van der Waals surface area contributed by atoms with Crippen molar-refractivity contribution in [2.24, 2.45) is 0 Å². The number of hydrogen-bond acceptors (Lipinski definition) is 1. The summed E-state index contributed by atoms with van der Waals surface area (Å²) in [7, 11) is 0. The second-order valence-electron chi connectivity index (χ2n) is 2.72. The number of benzene rings is 1. The van der Waals surface area contributed by atoms with Crippen molar-refractivity contribution in [2.45, 2.75) is 0 Å². The van der Waals surface area contributed by atoms with Gasteiger partial charge in [0.15, 0.2) is 0 Å². The van der Waals surface area contributed by atoms with E-state index in [0.717, 1.165) is 5.39 Å². The average Bonchev–Trinajstić information content (AvgIpc) is 2.07. The molecule has 0 radical (unpaired) electrons. The number of aromatic nitrogens is 1. The van der Waals surface area contributed by atoms with E-state index in [9.17, 15) is 4.39 Å². The van der Waals surface area contributed by atoms with Crippen molar-refractivity contribution in [3.63, 3.8) is 0 Å². The van der Waals surface area contributed by atoms with Gasteiger partial charge in [0.05, 0.1) is 0 Å². The molecule has 0 N–H and O–H groups in total. The number of hydrogen-bond donors (Lipinski definition) is 0. The Hall–Kier alpha value is -0.380. The average molecular weight is 295 g/mol. The summed E-state index contributed by atoms with van der Waals surface area (Å²) in [5.41, 5.74) is 0. The maximum absolute atomic E-state index is 13.0. The molecule has 2 rings (SSSR count). The molecule has 5 heteroatoms. The maximum atomic E-state index is 13.0. The first-order valence-electron chi connectivity index (χ1n) is 3.69. The predicted octanol–water partition coefficient (Wildman–Crippen LogP) is 4.44. The van der Waals surface area contributed by atoms with Crippen molar-refractivity contribution >= 4 is 49.9 Å². The van der Waals surface area contributed by atoms with Gasteiger partial charge in [-0.15, -0.1) is 0 Å². The fraction of sp³-hybridized carbons (Fsp3) is 0. The molecule has 0 aliphatic carbocycles. The van der Waals surface area contributed by atoms with Crippen LogP contribution in [-0.2, 0) is 0 Å². The molecule has 1 nitrogen and oxygen atoms in total. The second-order valence-corrected chi connectivity index (χ2v) is 4.32. The molecule has 1 aromatic heterocycles. The topological polar surface area (TPSA) is 12.9 Å². The summed E-state index contributed by atoms with van der Waals surface area (Å²) in [5.74, 6) is -0.365. The van der Waals surface area contributed by atoms with E-state index >= 15 is 0 Å². The third kappa shape index (κ3) is 1.72. The van der Waals surface area contributed by atoms with Crippen LogP contribution in [0.5, 0.6) is 0 Å². The summed E-state index contributed by atoms with van der Waals surface area (Å²) in [6.45, 7) is 0. The summed E-state index contributed by atoms with van der Waals surface area (Å²) in [6, 6.07) is 4.31. The number of nitrogens with zero attached hydrogens (tertiary/aromatic N) is 1. The fourth-order valence-corrected chi connectivity index (χ4v) is 2.24. The molecule has 1 aromatic carbocycles. The van der Waals surface area contributed by atoms with E-state index in [4.69, 9.17) is 23.2 Å². The lowest BCUT2D eigenvalue weighted by Crippen LogP contribution is -1.84. The van der Waals surface area contributed by atoms with Gasteiger partial charge in [-0.05, 0) is 18.2 Å². The highest BCUT2D eigenvalue weighted by Crippen LogP contribution is 2.31. The Balaban J connectivity index is 2.94. The number of fused-ring (bicyclic) bond motifs is 1. The second kappa shape index (κ2) is 3.65. The number of halogens is 4. The van der Waals surface area contributed by atoms with Gasteiger partial charge in [-0.1, -0.05) is 39.1 Å². The molecule has 1 heterocycles. The Morgan fingerprint density at radius 2 is 1.86 bits per heavy atom. The zero-order valence-corrected chi connectivity index (χ0v) is 9.79. The molecule has 0 amide bonds. The van der Waals surface area contributed by atoms with Gasteiger partial charge in [0.25, 0.3) is 0 Å². The van der Waals surface area contributed by atoms with Crippen LogP contribution in [0.4, 0.5) is 4.39 Å². The molecule has 0 atom stereocenters. The van der Waals surface area contributed by atoms with Crippen molar-refractivity contribution in [1.82, 2.24) is 4.98 Å². The van der Waals surface area contributed by atoms with Gasteiger partial charge in [0, 0.05) is 15.2 Å². The van der Waals surface area contributed by atoms with Crippen LogP contribution in [0.15, 0.2) is 22.7 Å². The predicted molar refractivity (Wildman–Crippen MR) is 59.4 cm³/mol. The zero-order chi connectivity index (χ0) is 10.3. The third-order valence-corrected chi connectivity index (χ3v) is 2.92. The van der Waals surface area contributed by atoms with Gasteiger partial charge in [-0.2, -0.15) is 0 Å². The molecule has 0 bridgehead atoms. The van der Waals surface area contributed by atoms with Gasteiger partial charge in [-0.25, -0.2) is 9.37 Å². The lowest BCUT2D eigenvalue weighted by Gasteiger charge is -2.03. The summed E-state index contributed by atoms with van der Waals surface area (Å²) in [6.07, 6.45) is 0. The van der Waals surface area contributed by atoms with E-state index in [1.54, 1.807) is 6.07 Å². The van der Waals surface area contributed by atoms with E-state index in [0.29, 0.717) is 9.86 Å². The van der Waals surface area contributed by atoms with Crippen LogP contribution in [0.3, 0.4) is 0 Å². The maximum Gasteiger partial charge on any atom is 0.138 e. The standard InChI is InChI=1S/C9H3BrCl2FN/c10-7-2-4(13)1-6-5(7)3-8(11)14-9(6)12/h1-3H. The Bertz CT molecular complexity index is 468. The molecule has 0 aliphatic heterocycles. The SMILES string of the molecule is Fc1cc(Br)c2cc(Cl)nc(Cl)c2c1. The minimum Gasteiger partial charge on any atom is -0.224 e. The molecule has 14 heavy (non-hydrogen) atoms. The van der Waals surface area contributed by atoms with Crippen molar-refractivity contribution in [3.8, 4) is 0 Å². The normalized spacial score (nSPS) is 10.9. The molecule has 0 aliphatic rings. The molecule has 2 aromatic rings. The van der Waals surface area contributed by atoms with Crippen molar-refractivity contribution in [3.05, 3.63) is 38.8 Å². The van der Waals surface area contributed by atoms with Crippen LogP contribution in [-0.4, -0.2) is 4.98 Å². The van der Waals surface area contributed by atoms with Gasteiger partial charge in [0.2, 0.25) is 0 Å². The molecule has 72 valence electrons. The largest absolute Gasteiger partial charge is 0.224 e. The zero-order valence-electron chi connectivity index (χ0n) is 6.69. The first-order valence-corrected chi connectivity index (χ1v) is 5.23. The van der Waals surface area contributed by atoms with Crippen molar-refractivity contribution in [1.29, 1.82) is 0 Å². The van der Waals surface area contributed by atoms with Crippen molar-refractivity contribution < 1.29 is 4.39 Å². The summed E-state index contributed by atoms with van der Waals surface area (Å²) >= 11 is 14.8. The Morgan fingerprint density at radius 3 is 2.57 bits per heavy atom. The lowest BCUT2D eigenvalue weighted by atomic mass is 10.2. The third-order valence-electron chi connectivity index (χ3n) is 1.78. The first kappa shape index (κ1) is 10.1. The lowest BCUT2D eigenvalue weighted by molar-refractivity contribution is 0.629. The van der Waals surface area contributed by atoms with Crippen LogP contribution in [0.25, 0.3) is 10.8 Å². The highest BCUT2D eigenvalue weighted by atomic mass is 79.9. The monoisotopic (exact) mass is 293 g/mol. The first-order chi connectivity index (χ1) is 6.58. The summed E-state index contributed by atoms with van der Waals surface area (Å²) < 4.78 is 13.6. The molecule has 0 fully saturated rings. The summed E-state index contributed by atoms with van der Waals surface area (Å²) in [5, 5.41) is 1.78. The van der Waals surface area contributed by atoms with E-state index in [1.165, 1.54) is 12.1 Å². The minimum absolute atomic E-state index is 0.202. The van der Waals surface area contributed by atoms with Crippen LogP contribution < -0.4 is 0 Å². The fourth-order valence-electron chi connectivity index (χ4n) is 1.21. The van der Waals surface area contributed by atoms with E-state index < -0.39 is 0 Å². The molecule has 0 spiro atoms. The molecular weight excluding hydrogens is 292 g/mol. The van der Waals surface area contributed by atoms with Crippen LogP contribution in [0, 0.1) is 5.82 Å². The molecule has 0 unspecified atom stereocenters. The summed E-state index contributed by atoms with van der Waals surface area (Å²) in [4.78, 5) is 3.83. The quantitative estimate of drug-likeness (QED) is 0.655. The van der Waals surface area contributed by atoms with Crippen LogP contribution in [0.2, 0.25) is 10.3 Å². The highest BCUT2D eigenvalue weighted by molar-refractivity contribution is 9.10. The van der Waals surface area contributed by atoms with Crippen molar-refractivity contribution in [2.75, 3.05) is 0 Å². The van der Waals surface area contributed by atoms with Gasteiger partial charge < -0.3 is 0 Å². The van der Waals surface area contributed by atoms with Crippen LogP contribution >= 0.6 is 39.1 Å². The Labute approximate surface area is 98.0 Å². The molecule has 0 saturated heterocycles.